The number of halogens is 1. The van der Waals surface area contributed by atoms with E-state index in [2.05, 4.69) is 29.6 Å². The van der Waals surface area contributed by atoms with E-state index >= 15 is 0 Å². The zero-order chi connectivity index (χ0) is 17.0. The van der Waals surface area contributed by atoms with E-state index in [-0.39, 0.29) is 24.0 Å². The smallest absolute Gasteiger partial charge is 0.191 e. The van der Waals surface area contributed by atoms with Crippen LogP contribution in [0.1, 0.15) is 51.6 Å². The quantitative estimate of drug-likeness (QED) is 0.389. The van der Waals surface area contributed by atoms with Crippen LogP contribution in [-0.2, 0) is 18.3 Å². The molecule has 25 heavy (non-hydrogen) atoms. The molecule has 0 bridgehead atoms. The summed E-state index contributed by atoms with van der Waals surface area (Å²) in [5, 5.41) is 11.3. The summed E-state index contributed by atoms with van der Waals surface area (Å²) in [6.07, 6.45) is 8.52. The molecule has 7 heteroatoms. The van der Waals surface area contributed by atoms with Gasteiger partial charge in [0.1, 0.15) is 0 Å². The maximum atomic E-state index is 6.01. The lowest BCUT2D eigenvalue weighted by molar-refractivity contribution is -0.125. The van der Waals surface area contributed by atoms with Crippen molar-refractivity contribution in [1.29, 1.82) is 0 Å². The van der Waals surface area contributed by atoms with Gasteiger partial charge in [-0.25, -0.2) is 4.99 Å². The van der Waals surface area contributed by atoms with E-state index in [1.54, 1.807) is 0 Å². The number of aryl methyl sites for hydroxylation is 1. The summed E-state index contributed by atoms with van der Waals surface area (Å²) in [6.45, 7) is 6.53. The van der Waals surface area contributed by atoms with Crippen molar-refractivity contribution < 1.29 is 4.74 Å². The van der Waals surface area contributed by atoms with E-state index in [0.717, 1.165) is 31.2 Å². The zero-order valence-corrected chi connectivity index (χ0v) is 18.0. The Morgan fingerprint density at radius 2 is 2.16 bits per heavy atom. The van der Waals surface area contributed by atoms with Crippen molar-refractivity contribution in [2.45, 2.75) is 64.6 Å². The van der Waals surface area contributed by atoms with Gasteiger partial charge in [-0.15, -0.1) is 24.0 Å². The fraction of sp³-hybridized carbons (Fsp3) is 0.778. The highest BCUT2D eigenvalue weighted by Gasteiger charge is 2.56. The van der Waals surface area contributed by atoms with Crippen LogP contribution in [0.2, 0.25) is 0 Å². The third-order valence-electron chi connectivity index (χ3n) is 5.66. The van der Waals surface area contributed by atoms with Crippen LogP contribution < -0.4 is 10.6 Å². The first-order valence-electron chi connectivity index (χ1n) is 9.33. The fourth-order valence-electron chi connectivity index (χ4n) is 4.29. The lowest BCUT2D eigenvalue weighted by Crippen LogP contribution is -2.65. The molecule has 1 heterocycles. The number of aliphatic imine (C=N–C) groups is 1. The van der Waals surface area contributed by atoms with Crippen molar-refractivity contribution in [2.24, 2.45) is 17.5 Å². The van der Waals surface area contributed by atoms with Crippen molar-refractivity contribution in [3.63, 3.8) is 0 Å². The first-order chi connectivity index (χ1) is 11.7. The molecular weight excluding hydrogens is 429 g/mol. The largest absolute Gasteiger partial charge is 0.378 e. The minimum absolute atomic E-state index is 0. The Balaban J connectivity index is 0.00000225. The number of aromatic nitrogens is 2. The molecule has 1 aromatic heterocycles. The predicted octanol–water partition coefficient (Wildman–Crippen LogP) is 2.83. The number of rotatable bonds is 6. The number of hydrogen-bond acceptors (Lipinski definition) is 3. The highest BCUT2D eigenvalue weighted by atomic mass is 127. The van der Waals surface area contributed by atoms with Crippen molar-refractivity contribution in [3.05, 3.63) is 18.0 Å². The molecule has 2 unspecified atom stereocenters. The molecule has 2 N–H and O–H groups in total. The van der Waals surface area contributed by atoms with Gasteiger partial charge in [0.05, 0.1) is 18.3 Å². The molecule has 3 rings (SSSR count). The SMILES string of the molecule is CCNC(=NCc1ccnn1C)NC1CC(OCC)C12CCCC2.I. The van der Waals surface area contributed by atoms with E-state index in [1.807, 2.05) is 24.0 Å². The summed E-state index contributed by atoms with van der Waals surface area (Å²) in [5.74, 6) is 0.907. The molecule has 0 aliphatic heterocycles. The van der Waals surface area contributed by atoms with Gasteiger partial charge in [-0.2, -0.15) is 5.10 Å². The number of nitrogens with one attached hydrogen (secondary N) is 2. The van der Waals surface area contributed by atoms with Gasteiger partial charge in [-0.1, -0.05) is 12.8 Å². The number of nitrogens with zero attached hydrogens (tertiary/aromatic N) is 3. The minimum Gasteiger partial charge on any atom is -0.378 e. The van der Waals surface area contributed by atoms with Crippen molar-refractivity contribution in [3.8, 4) is 0 Å². The second-order valence-electron chi connectivity index (χ2n) is 6.96. The van der Waals surface area contributed by atoms with Crippen LogP contribution in [0.3, 0.4) is 0 Å². The van der Waals surface area contributed by atoms with Crippen LogP contribution in [0.25, 0.3) is 0 Å². The molecule has 142 valence electrons. The van der Waals surface area contributed by atoms with E-state index in [9.17, 15) is 0 Å². The molecule has 2 atom stereocenters. The monoisotopic (exact) mass is 461 g/mol. The fourth-order valence-corrected chi connectivity index (χ4v) is 4.29. The summed E-state index contributed by atoms with van der Waals surface area (Å²) in [6, 6.07) is 2.49. The third kappa shape index (κ3) is 4.30. The van der Waals surface area contributed by atoms with Crippen LogP contribution in [0.5, 0.6) is 0 Å². The molecule has 1 spiro atoms. The summed E-state index contributed by atoms with van der Waals surface area (Å²) in [4.78, 5) is 4.76. The molecule has 2 saturated carbocycles. The van der Waals surface area contributed by atoms with Crippen molar-refractivity contribution in [1.82, 2.24) is 20.4 Å². The number of hydrogen-bond donors (Lipinski definition) is 2. The normalized spacial score (nSPS) is 24.7. The summed E-state index contributed by atoms with van der Waals surface area (Å²) < 4.78 is 7.89. The highest BCUT2D eigenvalue weighted by Crippen LogP contribution is 2.54. The van der Waals surface area contributed by atoms with Gasteiger partial charge >= 0.3 is 0 Å². The number of ether oxygens (including phenoxy) is 1. The van der Waals surface area contributed by atoms with E-state index in [4.69, 9.17) is 9.73 Å². The van der Waals surface area contributed by atoms with Crippen LogP contribution in [-0.4, -0.2) is 41.0 Å². The standard InChI is InChI=1S/C18H31N5O.HI/c1-4-19-17(20-13-14-8-11-21-23(14)3)22-15-12-16(24-5-2)18(15)9-6-7-10-18;/h8,11,15-16H,4-7,9-10,12-13H2,1-3H3,(H2,19,20,22);1H. The van der Waals surface area contributed by atoms with Crippen LogP contribution in [0, 0.1) is 5.41 Å². The number of guanidine groups is 1. The zero-order valence-electron chi connectivity index (χ0n) is 15.6. The maximum Gasteiger partial charge on any atom is 0.191 e. The molecule has 2 aliphatic carbocycles. The summed E-state index contributed by atoms with van der Waals surface area (Å²) >= 11 is 0. The van der Waals surface area contributed by atoms with Gasteiger partial charge in [0, 0.05) is 37.9 Å². The molecule has 1 aromatic rings. The first kappa shape index (κ1) is 20.5. The molecule has 6 nitrogen and oxygen atoms in total. The first-order valence-corrected chi connectivity index (χ1v) is 9.33. The molecule has 0 amide bonds. The Morgan fingerprint density at radius 3 is 2.76 bits per heavy atom. The molecule has 0 aromatic carbocycles. The Kier molecular flexibility index (Phi) is 7.54. The topological polar surface area (TPSA) is 63.5 Å². The summed E-state index contributed by atoms with van der Waals surface area (Å²) in [5.41, 5.74) is 1.43. The highest BCUT2D eigenvalue weighted by molar-refractivity contribution is 14.0. The third-order valence-corrected chi connectivity index (χ3v) is 5.66. The van der Waals surface area contributed by atoms with Crippen LogP contribution in [0.4, 0.5) is 0 Å². The second-order valence-corrected chi connectivity index (χ2v) is 6.96. The Bertz CT molecular complexity index is 568. The van der Waals surface area contributed by atoms with Crippen molar-refractivity contribution >= 4 is 29.9 Å². The van der Waals surface area contributed by atoms with Gasteiger partial charge in [-0.3, -0.25) is 4.68 Å². The molecular formula is C18H32IN5O. The van der Waals surface area contributed by atoms with E-state index < -0.39 is 0 Å². The molecule has 2 fully saturated rings. The average Bonchev–Trinajstić information content (AvgIpc) is 3.22. The van der Waals surface area contributed by atoms with Gasteiger partial charge in [0.15, 0.2) is 5.96 Å². The molecule has 0 saturated heterocycles. The van der Waals surface area contributed by atoms with Gasteiger partial charge in [-0.05, 0) is 39.2 Å². The van der Waals surface area contributed by atoms with Crippen molar-refractivity contribution in [2.75, 3.05) is 13.2 Å². The van der Waals surface area contributed by atoms with E-state index in [1.165, 1.54) is 25.7 Å². The van der Waals surface area contributed by atoms with E-state index in [0.29, 0.717) is 24.1 Å². The lowest BCUT2D eigenvalue weighted by atomic mass is 9.60. The minimum atomic E-state index is 0. The lowest BCUT2D eigenvalue weighted by Gasteiger charge is -2.54. The van der Waals surface area contributed by atoms with Gasteiger partial charge in [0.25, 0.3) is 0 Å². The predicted molar refractivity (Wildman–Crippen MR) is 111 cm³/mol. The van der Waals surface area contributed by atoms with Crippen LogP contribution in [0.15, 0.2) is 17.3 Å². The Morgan fingerprint density at radius 1 is 1.40 bits per heavy atom. The van der Waals surface area contributed by atoms with Crippen LogP contribution >= 0.6 is 24.0 Å². The average molecular weight is 461 g/mol. The summed E-state index contributed by atoms with van der Waals surface area (Å²) in [7, 11) is 1.96. The van der Waals surface area contributed by atoms with Gasteiger partial charge in [0.2, 0.25) is 0 Å². The molecule has 2 aliphatic rings. The second kappa shape index (κ2) is 9.21. The Labute approximate surface area is 168 Å². The Hall–Kier alpha value is -0.830. The molecule has 0 radical (unpaired) electrons. The van der Waals surface area contributed by atoms with Gasteiger partial charge < -0.3 is 15.4 Å². The maximum absolute atomic E-state index is 6.01.